The van der Waals surface area contributed by atoms with E-state index in [0.29, 0.717) is 0 Å². The highest BCUT2D eigenvalue weighted by molar-refractivity contribution is 5.85. The predicted molar refractivity (Wildman–Crippen MR) is 56.4 cm³/mol. The summed E-state index contributed by atoms with van der Waals surface area (Å²) in [5.74, 6) is 0. The van der Waals surface area contributed by atoms with Gasteiger partial charge in [-0.05, 0) is 38.8 Å². The molecule has 3 heteroatoms. The van der Waals surface area contributed by atoms with Crippen LogP contribution in [0.3, 0.4) is 0 Å². The quantitative estimate of drug-likeness (QED) is 0.608. The molecular weight excluding hydrogens is 186 g/mol. The van der Waals surface area contributed by atoms with Gasteiger partial charge in [0.1, 0.15) is 0 Å². The summed E-state index contributed by atoms with van der Waals surface area (Å²) in [5, 5.41) is 3.41. The molecular formula is C10H18ClNO. The third-order valence-electron chi connectivity index (χ3n) is 2.89. The lowest BCUT2D eigenvalue weighted by Gasteiger charge is -2.33. The van der Waals surface area contributed by atoms with Crippen LogP contribution in [-0.4, -0.2) is 25.3 Å². The second-order valence-corrected chi connectivity index (χ2v) is 3.77. The van der Waals surface area contributed by atoms with Crippen LogP contribution < -0.4 is 5.32 Å². The monoisotopic (exact) mass is 203 g/mol. The lowest BCUT2D eigenvalue weighted by atomic mass is 9.89. The Morgan fingerprint density at radius 3 is 2.85 bits per heavy atom. The predicted octanol–water partition coefficient (Wildman–Crippen LogP) is 1.90. The van der Waals surface area contributed by atoms with Gasteiger partial charge in [-0.25, -0.2) is 0 Å². The Bertz CT molecular complexity index is 174. The summed E-state index contributed by atoms with van der Waals surface area (Å²) >= 11 is 0. The number of hydrogen-bond acceptors (Lipinski definition) is 2. The van der Waals surface area contributed by atoms with E-state index in [0.717, 1.165) is 26.1 Å². The molecule has 0 aromatic rings. The van der Waals surface area contributed by atoms with Crippen LogP contribution in [0.4, 0.5) is 0 Å². The van der Waals surface area contributed by atoms with Crippen molar-refractivity contribution < 1.29 is 4.74 Å². The molecule has 0 bridgehead atoms. The van der Waals surface area contributed by atoms with Gasteiger partial charge in [-0.2, -0.15) is 0 Å². The van der Waals surface area contributed by atoms with Crippen molar-refractivity contribution in [1.82, 2.24) is 5.32 Å². The Hall–Kier alpha value is -0.0500. The molecule has 1 N–H and O–H groups in total. The summed E-state index contributed by atoms with van der Waals surface area (Å²) in [6.07, 6.45) is 9.18. The first-order valence-electron chi connectivity index (χ1n) is 4.91. The Labute approximate surface area is 86.1 Å². The van der Waals surface area contributed by atoms with Gasteiger partial charge < -0.3 is 10.1 Å². The minimum atomic E-state index is 0. The maximum atomic E-state index is 5.86. The summed E-state index contributed by atoms with van der Waals surface area (Å²) in [4.78, 5) is 0. The van der Waals surface area contributed by atoms with Crippen LogP contribution in [0.2, 0.25) is 0 Å². The average Bonchev–Trinajstić information content (AvgIpc) is 2.33. The molecule has 2 aliphatic rings. The molecule has 1 fully saturated rings. The van der Waals surface area contributed by atoms with Gasteiger partial charge in [0.25, 0.3) is 0 Å². The Kier molecular flexibility index (Phi) is 4.23. The average molecular weight is 204 g/mol. The van der Waals surface area contributed by atoms with E-state index in [4.69, 9.17) is 4.74 Å². The molecule has 0 aliphatic carbocycles. The second-order valence-electron chi connectivity index (χ2n) is 3.77. The van der Waals surface area contributed by atoms with E-state index in [2.05, 4.69) is 17.5 Å². The van der Waals surface area contributed by atoms with Crippen LogP contribution in [0.25, 0.3) is 0 Å². The minimum absolute atomic E-state index is 0. The lowest BCUT2D eigenvalue weighted by molar-refractivity contribution is -0.0449. The van der Waals surface area contributed by atoms with E-state index < -0.39 is 0 Å². The molecule has 2 nitrogen and oxygen atoms in total. The normalized spacial score (nSPS) is 33.8. The third kappa shape index (κ3) is 2.70. The van der Waals surface area contributed by atoms with Gasteiger partial charge in [-0.3, -0.25) is 0 Å². The van der Waals surface area contributed by atoms with Crippen molar-refractivity contribution in [3.63, 3.8) is 0 Å². The molecule has 0 amide bonds. The highest BCUT2D eigenvalue weighted by Crippen LogP contribution is 2.30. The van der Waals surface area contributed by atoms with E-state index in [1.165, 1.54) is 19.3 Å². The van der Waals surface area contributed by atoms with Gasteiger partial charge in [-0.1, -0.05) is 12.2 Å². The molecule has 2 heterocycles. The third-order valence-corrected chi connectivity index (χ3v) is 2.89. The number of rotatable bonds is 0. The molecule has 0 aromatic heterocycles. The molecule has 0 saturated carbocycles. The first-order valence-corrected chi connectivity index (χ1v) is 4.91. The molecule has 2 aliphatic heterocycles. The summed E-state index contributed by atoms with van der Waals surface area (Å²) in [6.45, 7) is 3.10. The zero-order valence-corrected chi connectivity index (χ0v) is 8.74. The van der Waals surface area contributed by atoms with E-state index in [1.54, 1.807) is 0 Å². The summed E-state index contributed by atoms with van der Waals surface area (Å²) < 4.78 is 5.86. The molecule has 0 aromatic carbocycles. The van der Waals surface area contributed by atoms with Crippen molar-refractivity contribution in [1.29, 1.82) is 0 Å². The first-order chi connectivity index (χ1) is 5.91. The van der Waals surface area contributed by atoms with Crippen LogP contribution in [0, 0.1) is 0 Å². The van der Waals surface area contributed by atoms with Crippen LogP contribution in [0.1, 0.15) is 25.7 Å². The van der Waals surface area contributed by atoms with Crippen molar-refractivity contribution in [3.8, 4) is 0 Å². The summed E-state index contributed by atoms with van der Waals surface area (Å²) in [6, 6.07) is 0. The maximum Gasteiger partial charge on any atom is 0.0733 e. The van der Waals surface area contributed by atoms with Crippen molar-refractivity contribution in [2.75, 3.05) is 19.7 Å². The molecule has 1 spiro atoms. The summed E-state index contributed by atoms with van der Waals surface area (Å²) in [5.41, 5.74) is 0.193. The van der Waals surface area contributed by atoms with Crippen molar-refractivity contribution in [2.45, 2.75) is 31.3 Å². The number of hydrogen-bond donors (Lipinski definition) is 1. The number of nitrogens with one attached hydrogen (secondary N) is 1. The molecule has 0 radical (unpaired) electrons. The SMILES string of the molecule is C1=CCC2(CCCNCC2)OC1.Cl. The fourth-order valence-electron chi connectivity index (χ4n) is 2.10. The lowest BCUT2D eigenvalue weighted by Crippen LogP contribution is -2.35. The van der Waals surface area contributed by atoms with E-state index >= 15 is 0 Å². The van der Waals surface area contributed by atoms with Gasteiger partial charge in [0, 0.05) is 0 Å². The molecule has 1 unspecified atom stereocenters. The number of ether oxygens (including phenoxy) is 1. The van der Waals surface area contributed by atoms with Crippen molar-refractivity contribution in [3.05, 3.63) is 12.2 Å². The van der Waals surface area contributed by atoms with E-state index in [-0.39, 0.29) is 18.0 Å². The molecule has 13 heavy (non-hydrogen) atoms. The fourth-order valence-corrected chi connectivity index (χ4v) is 2.10. The van der Waals surface area contributed by atoms with Gasteiger partial charge in [0.2, 0.25) is 0 Å². The Morgan fingerprint density at radius 1 is 1.15 bits per heavy atom. The van der Waals surface area contributed by atoms with Crippen molar-refractivity contribution in [2.24, 2.45) is 0 Å². The van der Waals surface area contributed by atoms with Crippen LogP contribution in [0.5, 0.6) is 0 Å². The van der Waals surface area contributed by atoms with Gasteiger partial charge in [-0.15, -0.1) is 12.4 Å². The molecule has 2 rings (SSSR count). The van der Waals surface area contributed by atoms with Crippen LogP contribution in [-0.2, 0) is 4.74 Å². The van der Waals surface area contributed by atoms with Crippen LogP contribution in [0.15, 0.2) is 12.2 Å². The smallest absolute Gasteiger partial charge is 0.0733 e. The molecule has 1 atom stereocenters. The highest BCUT2D eigenvalue weighted by atomic mass is 35.5. The minimum Gasteiger partial charge on any atom is -0.371 e. The largest absolute Gasteiger partial charge is 0.371 e. The topological polar surface area (TPSA) is 21.3 Å². The van der Waals surface area contributed by atoms with Gasteiger partial charge in [0.05, 0.1) is 12.2 Å². The Morgan fingerprint density at radius 2 is 2.08 bits per heavy atom. The second kappa shape index (κ2) is 4.99. The highest BCUT2D eigenvalue weighted by Gasteiger charge is 2.31. The summed E-state index contributed by atoms with van der Waals surface area (Å²) in [7, 11) is 0. The van der Waals surface area contributed by atoms with E-state index in [9.17, 15) is 0 Å². The van der Waals surface area contributed by atoms with Gasteiger partial charge >= 0.3 is 0 Å². The van der Waals surface area contributed by atoms with Crippen molar-refractivity contribution >= 4 is 12.4 Å². The number of halogens is 1. The zero-order chi connectivity index (χ0) is 8.28. The van der Waals surface area contributed by atoms with E-state index in [1.807, 2.05) is 0 Å². The first kappa shape index (κ1) is 11.0. The Balaban J connectivity index is 0.000000845. The maximum absolute atomic E-state index is 5.86. The fraction of sp³-hybridized carbons (Fsp3) is 0.800. The molecule has 1 saturated heterocycles. The van der Waals surface area contributed by atoms with Gasteiger partial charge in [0.15, 0.2) is 0 Å². The van der Waals surface area contributed by atoms with Crippen LogP contribution >= 0.6 is 12.4 Å². The standard InChI is InChI=1S/C10H17NO.ClH/c1-2-9-12-10(4-1)5-3-7-11-8-6-10;/h1-2,11H,3-9H2;1H. The zero-order valence-electron chi connectivity index (χ0n) is 7.92. The molecule has 76 valence electrons.